The van der Waals surface area contributed by atoms with Crippen molar-refractivity contribution in [2.75, 3.05) is 39.3 Å². The summed E-state index contributed by atoms with van der Waals surface area (Å²) in [5.74, 6) is 2.46. The number of piperazine rings is 1. The Morgan fingerprint density at radius 2 is 1.70 bits per heavy atom. The van der Waals surface area contributed by atoms with Crippen LogP contribution in [0.1, 0.15) is 25.7 Å². The zero-order chi connectivity index (χ0) is 12.8. The van der Waals surface area contributed by atoms with E-state index in [0.717, 1.165) is 51.1 Å². The lowest BCUT2D eigenvalue weighted by atomic mass is 10.1. The fourth-order valence-electron chi connectivity index (χ4n) is 4.69. The van der Waals surface area contributed by atoms with Gasteiger partial charge in [0, 0.05) is 51.2 Å². The van der Waals surface area contributed by atoms with Gasteiger partial charge in [-0.1, -0.05) is 6.42 Å². The van der Waals surface area contributed by atoms with Gasteiger partial charge in [-0.15, -0.1) is 12.4 Å². The SMILES string of the molecule is Cl.O=C(C1C2CCCC21)N1CCC(N2CCNCC2)C1. The fraction of sp³-hybridized carbons (Fsp3) is 0.933. The van der Waals surface area contributed by atoms with E-state index in [0.29, 0.717) is 17.9 Å². The lowest BCUT2D eigenvalue weighted by molar-refractivity contribution is -0.132. The maximum absolute atomic E-state index is 12.5. The van der Waals surface area contributed by atoms with E-state index in [1.807, 2.05) is 0 Å². The van der Waals surface area contributed by atoms with Crippen LogP contribution in [0.3, 0.4) is 0 Å². The van der Waals surface area contributed by atoms with E-state index in [4.69, 9.17) is 0 Å². The van der Waals surface area contributed by atoms with Gasteiger partial charge in [-0.3, -0.25) is 9.69 Å². The Labute approximate surface area is 127 Å². The average Bonchev–Trinajstić information content (AvgIpc) is 2.89. The number of nitrogens with zero attached hydrogens (tertiary/aromatic N) is 2. The molecule has 0 aromatic heterocycles. The summed E-state index contributed by atoms with van der Waals surface area (Å²) in [6, 6.07) is 0.629. The third-order valence-corrected chi connectivity index (χ3v) is 5.83. The first-order chi connectivity index (χ1) is 9.34. The first-order valence-electron chi connectivity index (χ1n) is 8.08. The molecule has 0 aromatic rings. The molecule has 1 N–H and O–H groups in total. The molecule has 4 nitrogen and oxygen atoms in total. The van der Waals surface area contributed by atoms with Gasteiger partial charge in [0.2, 0.25) is 5.91 Å². The van der Waals surface area contributed by atoms with Crippen molar-refractivity contribution in [2.45, 2.75) is 31.7 Å². The minimum atomic E-state index is 0. The van der Waals surface area contributed by atoms with E-state index < -0.39 is 0 Å². The topological polar surface area (TPSA) is 35.6 Å². The van der Waals surface area contributed by atoms with Gasteiger partial charge in [0.15, 0.2) is 0 Å². The van der Waals surface area contributed by atoms with Gasteiger partial charge in [0.25, 0.3) is 0 Å². The van der Waals surface area contributed by atoms with E-state index in [9.17, 15) is 4.79 Å². The highest BCUT2D eigenvalue weighted by atomic mass is 35.5. The zero-order valence-corrected chi connectivity index (χ0v) is 12.9. The summed E-state index contributed by atoms with van der Waals surface area (Å²) >= 11 is 0. The van der Waals surface area contributed by atoms with Crippen molar-refractivity contribution in [1.29, 1.82) is 0 Å². The van der Waals surface area contributed by atoms with Crippen molar-refractivity contribution >= 4 is 18.3 Å². The number of rotatable bonds is 2. The second kappa shape index (κ2) is 5.82. The molecule has 114 valence electrons. The minimum Gasteiger partial charge on any atom is -0.341 e. The lowest BCUT2D eigenvalue weighted by Crippen LogP contribution is -2.49. The van der Waals surface area contributed by atoms with Gasteiger partial charge in [-0.2, -0.15) is 0 Å². The average molecular weight is 300 g/mol. The maximum atomic E-state index is 12.5. The minimum absolute atomic E-state index is 0. The van der Waals surface area contributed by atoms with Crippen molar-refractivity contribution in [3.8, 4) is 0 Å². The Kier molecular flexibility index (Phi) is 4.25. The van der Waals surface area contributed by atoms with Crippen LogP contribution in [0.5, 0.6) is 0 Å². The molecule has 2 aliphatic heterocycles. The second-order valence-corrected chi connectivity index (χ2v) is 6.80. The summed E-state index contributed by atoms with van der Waals surface area (Å²) in [5.41, 5.74) is 0. The molecule has 2 saturated carbocycles. The van der Waals surface area contributed by atoms with Crippen LogP contribution in [-0.2, 0) is 4.79 Å². The normalized spacial score (nSPS) is 40.3. The molecule has 4 rings (SSSR count). The molecule has 3 unspecified atom stereocenters. The summed E-state index contributed by atoms with van der Waals surface area (Å²) in [6.45, 7) is 6.52. The Bertz CT molecular complexity index is 362. The van der Waals surface area contributed by atoms with Crippen molar-refractivity contribution in [3.63, 3.8) is 0 Å². The highest BCUT2D eigenvalue weighted by Gasteiger charge is 2.57. The number of hydrogen-bond donors (Lipinski definition) is 1. The van der Waals surface area contributed by atoms with Crippen LogP contribution in [0, 0.1) is 17.8 Å². The third-order valence-electron chi connectivity index (χ3n) is 5.83. The van der Waals surface area contributed by atoms with Gasteiger partial charge >= 0.3 is 0 Å². The first-order valence-corrected chi connectivity index (χ1v) is 8.08. The van der Waals surface area contributed by atoms with Gasteiger partial charge < -0.3 is 10.2 Å². The molecule has 0 radical (unpaired) electrons. The Hall–Kier alpha value is -0.320. The summed E-state index contributed by atoms with van der Waals surface area (Å²) in [5, 5.41) is 3.40. The smallest absolute Gasteiger partial charge is 0.226 e. The van der Waals surface area contributed by atoms with E-state index in [1.165, 1.54) is 25.7 Å². The van der Waals surface area contributed by atoms with Crippen LogP contribution in [0.15, 0.2) is 0 Å². The van der Waals surface area contributed by atoms with Crippen molar-refractivity contribution < 1.29 is 4.79 Å². The first kappa shape index (κ1) is 14.6. The van der Waals surface area contributed by atoms with Crippen molar-refractivity contribution in [3.05, 3.63) is 0 Å². The number of amides is 1. The third kappa shape index (κ3) is 2.46. The molecule has 2 heterocycles. The molecule has 0 aromatic carbocycles. The molecule has 20 heavy (non-hydrogen) atoms. The van der Waals surface area contributed by atoms with Crippen LogP contribution in [0.2, 0.25) is 0 Å². The van der Waals surface area contributed by atoms with E-state index in [2.05, 4.69) is 15.1 Å². The largest absolute Gasteiger partial charge is 0.341 e. The second-order valence-electron chi connectivity index (χ2n) is 6.80. The quantitative estimate of drug-likeness (QED) is 0.825. The lowest BCUT2D eigenvalue weighted by Gasteiger charge is -2.32. The number of fused-ring (bicyclic) bond motifs is 1. The van der Waals surface area contributed by atoms with Gasteiger partial charge in [0.1, 0.15) is 0 Å². The number of carbonyl (C=O) groups excluding carboxylic acids is 1. The van der Waals surface area contributed by atoms with Gasteiger partial charge in [-0.05, 0) is 31.1 Å². The summed E-state index contributed by atoms with van der Waals surface area (Å²) < 4.78 is 0. The molecule has 4 aliphatic rings. The van der Waals surface area contributed by atoms with E-state index in [-0.39, 0.29) is 12.4 Å². The molecule has 2 aliphatic carbocycles. The van der Waals surface area contributed by atoms with Crippen LogP contribution < -0.4 is 5.32 Å². The maximum Gasteiger partial charge on any atom is 0.226 e. The number of likely N-dealkylation sites (tertiary alicyclic amines) is 1. The number of halogens is 1. The number of carbonyl (C=O) groups is 1. The Morgan fingerprint density at radius 1 is 1.00 bits per heavy atom. The summed E-state index contributed by atoms with van der Waals surface area (Å²) in [6.07, 6.45) is 5.18. The van der Waals surface area contributed by atoms with Crippen molar-refractivity contribution in [1.82, 2.24) is 15.1 Å². The van der Waals surface area contributed by atoms with Crippen LogP contribution >= 0.6 is 12.4 Å². The standard InChI is InChI=1S/C15H25N3O.ClH/c19-15(14-12-2-1-3-13(12)14)18-7-4-11(10-18)17-8-5-16-6-9-17;/h11-14,16H,1-10H2;1H. The monoisotopic (exact) mass is 299 g/mol. The summed E-state index contributed by atoms with van der Waals surface area (Å²) in [7, 11) is 0. The van der Waals surface area contributed by atoms with Gasteiger partial charge in [0.05, 0.1) is 0 Å². The highest BCUT2D eigenvalue weighted by molar-refractivity contribution is 5.85. The molecule has 0 spiro atoms. The van der Waals surface area contributed by atoms with E-state index in [1.54, 1.807) is 0 Å². The zero-order valence-electron chi connectivity index (χ0n) is 12.1. The summed E-state index contributed by atoms with van der Waals surface area (Å²) in [4.78, 5) is 17.3. The van der Waals surface area contributed by atoms with Crippen molar-refractivity contribution in [2.24, 2.45) is 17.8 Å². The Balaban J connectivity index is 0.00000121. The number of nitrogens with one attached hydrogen (secondary N) is 1. The molecule has 1 amide bonds. The molecule has 5 heteroatoms. The molecule has 4 fully saturated rings. The van der Waals surface area contributed by atoms with Gasteiger partial charge in [-0.25, -0.2) is 0 Å². The van der Waals surface area contributed by atoms with Crippen LogP contribution in [0.25, 0.3) is 0 Å². The van der Waals surface area contributed by atoms with E-state index >= 15 is 0 Å². The number of hydrogen-bond acceptors (Lipinski definition) is 3. The molecule has 0 bridgehead atoms. The van der Waals surface area contributed by atoms with Crippen LogP contribution in [0.4, 0.5) is 0 Å². The molecular formula is C15H26ClN3O. The fourth-order valence-corrected chi connectivity index (χ4v) is 4.69. The molecular weight excluding hydrogens is 274 g/mol. The molecule has 2 saturated heterocycles. The van der Waals surface area contributed by atoms with Crippen LogP contribution in [-0.4, -0.2) is 61.0 Å². The predicted molar refractivity (Wildman–Crippen MR) is 81.0 cm³/mol. The Morgan fingerprint density at radius 3 is 2.40 bits per heavy atom. The highest BCUT2D eigenvalue weighted by Crippen LogP contribution is 2.58. The predicted octanol–water partition coefficient (Wildman–Crippen LogP) is 0.960. The molecule has 3 atom stereocenters.